The van der Waals surface area contributed by atoms with Crippen molar-refractivity contribution in [3.05, 3.63) is 18.2 Å². The smallest absolute Gasteiger partial charge is 0.233 e. The lowest BCUT2D eigenvalue weighted by Crippen LogP contribution is -2.39. The van der Waals surface area contributed by atoms with Gasteiger partial charge in [-0.1, -0.05) is 0 Å². The van der Waals surface area contributed by atoms with Crippen molar-refractivity contribution in [2.24, 2.45) is 0 Å². The minimum absolute atomic E-state index is 0.0544. The number of imidazole rings is 1. The van der Waals surface area contributed by atoms with E-state index in [0.717, 1.165) is 18.5 Å². The van der Waals surface area contributed by atoms with E-state index in [-0.39, 0.29) is 11.9 Å². The molecule has 0 bridgehead atoms. The quantitative estimate of drug-likeness (QED) is 0.667. The van der Waals surface area contributed by atoms with Crippen molar-refractivity contribution in [1.29, 1.82) is 0 Å². The summed E-state index contributed by atoms with van der Waals surface area (Å²) in [7, 11) is -3.09. The molecule has 2 heterocycles. The van der Waals surface area contributed by atoms with E-state index in [9.17, 15) is 8.42 Å². The Bertz CT molecular complexity index is 461. The molecule has 1 aliphatic carbocycles. The molecule has 0 radical (unpaired) electrons. The molecular weight excluding hydrogens is 202 g/mol. The fourth-order valence-corrected chi connectivity index (χ4v) is 3.55. The SMILES string of the molecule is O=S1(=O)Cn2cncc2CN1C1CC1. The average Bonchev–Trinajstić information content (AvgIpc) is 2.84. The third kappa shape index (κ3) is 1.18. The Morgan fingerprint density at radius 1 is 1.43 bits per heavy atom. The predicted octanol–water partition coefficient (Wildman–Crippen LogP) is 0.148. The van der Waals surface area contributed by atoms with E-state index in [1.165, 1.54) is 0 Å². The van der Waals surface area contributed by atoms with Crippen molar-refractivity contribution in [3.8, 4) is 0 Å². The number of hydrogen-bond donors (Lipinski definition) is 0. The molecular formula is C8H11N3O2S. The van der Waals surface area contributed by atoms with Crippen LogP contribution in [0.3, 0.4) is 0 Å². The van der Waals surface area contributed by atoms with Gasteiger partial charge in [0, 0.05) is 12.2 Å². The fraction of sp³-hybridized carbons (Fsp3) is 0.625. The van der Waals surface area contributed by atoms with Crippen LogP contribution in [0, 0.1) is 0 Å². The first-order chi connectivity index (χ1) is 6.67. The largest absolute Gasteiger partial charge is 0.317 e. The van der Waals surface area contributed by atoms with Gasteiger partial charge in [-0.15, -0.1) is 0 Å². The number of nitrogens with zero attached hydrogens (tertiary/aromatic N) is 3. The van der Waals surface area contributed by atoms with Crippen LogP contribution < -0.4 is 0 Å². The Hall–Kier alpha value is -0.880. The van der Waals surface area contributed by atoms with E-state index < -0.39 is 10.0 Å². The minimum Gasteiger partial charge on any atom is -0.317 e. The molecule has 1 aromatic rings. The van der Waals surface area contributed by atoms with Crippen LogP contribution in [0.1, 0.15) is 18.5 Å². The summed E-state index contributed by atoms with van der Waals surface area (Å²) in [6, 6.07) is 0.253. The predicted molar refractivity (Wildman–Crippen MR) is 49.7 cm³/mol. The van der Waals surface area contributed by atoms with Crippen LogP contribution in [0.2, 0.25) is 0 Å². The number of aromatic nitrogens is 2. The van der Waals surface area contributed by atoms with Crippen LogP contribution in [0.25, 0.3) is 0 Å². The second kappa shape index (κ2) is 2.58. The van der Waals surface area contributed by atoms with Crippen LogP contribution in [-0.4, -0.2) is 28.3 Å². The van der Waals surface area contributed by atoms with Crippen LogP contribution in [0.5, 0.6) is 0 Å². The molecule has 1 aromatic heterocycles. The molecule has 0 saturated heterocycles. The molecule has 3 rings (SSSR count). The molecule has 0 unspecified atom stereocenters. The van der Waals surface area contributed by atoms with Crippen LogP contribution >= 0.6 is 0 Å². The summed E-state index contributed by atoms with van der Waals surface area (Å²) in [5.74, 6) is 0.0544. The summed E-state index contributed by atoms with van der Waals surface area (Å²) in [5.41, 5.74) is 0.992. The van der Waals surface area contributed by atoms with Gasteiger partial charge >= 0.3 is 0 Å². The zero-order chi connectivity index (χ0) is 9.76. The van der Waals surface area contributed by atoms with Crippen molar-refractivity contribution in [3.63, 3.8) is 0 Å². The first-order valence-corrected chi connectivity index (χ1v) is 6.26. The van der Waals surface area contributed by atoms with E-state index in [4.69, 9.17) is 0 Å². The number of rotatable bonds is 1. The Morgan fingerprint density at radius 3 is 2.93 bits per heavy atom. The van der Waals surface area contributed by atoms with Gasteiger partial charge in [0.25, 0.3) is 0 Å². The molecule has 0 amide bonds. The molecule has 5 nitrogen and oxygen atoms in total. The van der Waals surface area contributed by atoms with Crippen LogP contribution in [-0.2, 0) is 22.4 Å². The van der Waals surface area contributed by atoms with Gasteiger partial charge in [-0.3, -0.25) is 0 Å². The second-order valence-corrected chi connectivity index (χ2v) is 5.76. The number of hydrogen-bond acceptors (Lipinski definition) is 3. The molecule has 76 valence electrons. The molecule has 0 aromatic carbocycles. The highest BCUT2D eigenvalue weighted by molar-refractivity contribution is 7.88. The van der Waals surface area contributed by atoms with Crippen molar-refractivity contribution in [2.75, 3.05) is 0 Å². The van der Waals surface area contributed by atoms with Gasteiger partial charge in [0.1, 0.15) is 5.88 Å². The molecule has 1 saturated carbocycles. The highest BCUT2D eigenvalue weighted by atomic mass is 32.2. The lowest BCUT2D eigenvalue weighted by molar-refractivity contribution is 0.366. The lowest BCUT2D eigenvalue weighted by Gasteiger charge is -2.27. The molecule has 0 atom stereocenters. The van der Waals surface area contributed by atoms with E-state index in [1.807, 2.05) is 0 Å². The van der Waals surface area contributed by atoms with Crippen molar-refractivity contribution >= 4 is 10.0 Å². The highest BCUT2D eigenvalue weighted by Gasteiger charge is 2.40. The van der Waals surface area contributed by atoms with Crippen molar-refractivity contribution in [1.82, 2.24) is 13.9 Å². The van der Waals surface area contributed by atoms with E-state index in [2.05, 4.69) is 4.98 Å². The highest BCUT2D eigenvalue weighted by Crippen LogP contribution is 2.33. The Morgan fingerprint density at radius 2 is 2.21 bits per heavy atom. The summed E-state index contributed by atoms with van der Waals surface area (Å²) >= 11 is 0. The van der Waals surface area contributed by atoms with Crippen molar-refractivity contribution in [2.45, 2.75) is 31.3 Å². The molecule has 6 heteroatoms. The zero-order valence-electron chi connectivity index (χ0n) is 7.63. The van der Waals surface area contributed by atoms with Crippen LogP contribution in [0.15, 0.2) is 12.5 Å². The third-order valence-electron chi connectivity index (χ3n) is 2.73. The standard InChI is InChI=1S/C8H11N3O2S/c12-14(13)6-10-5-9-3-8(10)4-11(14)7-1-2-7/h3,5,7H,1-2,4,6H2. The maximum Gasteiger partial charge on any atom is 0.233 e. The topological polar surface area (TPSA) is 55.2 Å². The molecule has 1 aliphatic heterocycles. The average molecular weight is 213 g/mol. The molecule has 0 spiro atoms. The van der Waals surface area contributed by atoms with Gasteiger partial charge in [-0.2, -0.15) is 4.31 Å². The fourth-order valence-electron chi connectivity index (χ4n) is 1.82. The van der Waals surface area contributed by atoms with Crippen LogP contribution in [0.4, 0.5) is 0 Å². The molecule has 0 N–H and O–H groups in total. The summed E-state index contributed by atoms with van der Waals surface area (Å²) in [4.78, 5) is 3.96. The summed E-state index contributed by atoms with van der Waals surface area (Å²) < 4.78 is 26.9. The van der Waals surface area contributed by atoms with Gasteiger partial charge in [0.2, 0.25) is 10.0 Å². The Labute approximate surface area is 82.4 Å². The number of sulfonamides is 1. The summed E-state index contributed by atoms with van der Waals surface area (Å²) in [6.45, 7) is 0.493. The van der Waals surface area contributed by atoms with Gasteiger partial charge in [0.15, 0.2) is 0 Å². The van der Waals surface area contributed by atoms with Gasteiger partial charge in [-0.25, -0.2) is 13.4 Å². The van der Waals surface area contributed by atoms with E-state index in [0.29, 0.717) is 6.54 Å². The third-order valence-corrected chi connectivity index (χ3v) is 4.48. The second-order valence-electron chi connectivity index (χ2n) is 3.87. The lowest BCUT2D eigenvalue weighted by atomic mass is 10.4. The molecule has 2 aliphatic rings. The maximum atomic E-state index is 11.8. The van der Waals surface area contributed by atoms with E-state index >= 15 is 0 Å². The Balaban J connectivity index is 2.03. The molecule has 14 heavy (non-hydrogen) atoms. The van der Waals surface area contributed by atoms with Gasteiger partial charge in [-0.05, 0) is 12.8 Å². The van der Waals surface area contributed by atoms with E-state index in [1.54, 1.807) is 21.4 Å². The maximum absolute atomic E-state index is 11.8. The van der Waals surface area contributed by atoms with Gasteiger partial charge in [0.05, 0.1) is 18.6 Å². The Kier molecular flexibility index (Phi) is 1.55. The summed E-state index contributed by atoms with van der Waals surface area (Å²) in [6.07, 6.45) is 5.34. The normalized spacial score (nSPS) is 26.0. The first kappa shape index (κ1) is 8.43. The summed E-state index contributed by atoms with van der Waals surface area (Å²) in [5, 5.41) is 0. The minimum atomic E-state index is -3.09. The van der Waals surface area contributed by atoms with Gasteiger partial charge < -0.3 is 4.57 Å². The number of fused-ring (bicyclic) bond motifs is 1. The zero-order valence-corrected chi connectivity index (χ0v) is 8.44. The van der Waals surface area contributed by atoms with Crippen molar-refractivity contribution < 1.29 is 8.42 Å². The first-order valence-electron chi connectivity index (χ1n) is 4.65. The monoisotopic (exact) mass is 213 g/mol. The molecule has 1 fully saturated rings.